The molecule has 0 aromatic heterocycles. The monoisotopic (exact) mass is 1290 g/mol. The lowest BCUT2D eigenvalue weighted by atomic mass is 9.80. The second-order valence-corrected chi connectivity index (χ2v) is 25.1. The van der Waals surface area contributed by atoms with Crippen LogP contribution in [0.2, 0.25) is 0 Å². The highest BCUT2D eigenvalue weighted by atomic mass is 16.3. The van der Waals surface area contributed by atoms with Gasteiger partial charge >= 0.3 is 0 Å². The third-order valence-corrected chi connectivity index (χ3v) is 18.0. The van der Waals surface area contributed by atoms with Crippen molar-refractivity contribution in [3.63, 3.8) is 0 Å². The Bertz CT molecular complexity index is 4520. The summed E-state index contributed by atoms with van der Waals surface area (Å²) in [5, 5.41) is 108. The van der Waals surface area contributed by atoms with Crippen molar-refractivity contribution in [2.75, 3.05) is 0 Å². The van der Waals surface area contributed by atoms with Gasteiger partial charge in [0, 0.05) is 29.2 Å². The summed E-state index contributed by atoms with van der Waals surface area (Å²) in [5.74, 6) is 2.49. The van der Waals surface area contributed by atoms with Gasteiger partial charge in [-0.15, -0.1) is 0 Å². The van der Waals surface area contributed by atoms with Gasteiger partial charge in [-0.2, -0.15) is 0 Å². The Morgan fingerprint density at radius 3 is 0.670 bits per heavy atom. The highest BCUT2D eigenvalue weighted by molar-refractivity contribution is 5.58. The minimum Gasteiger partial charge on any atom is -0.508 e. The van der Waals surface area contributed by atoms with Crippen LogP contribution in [0, 0.1) is 69.2 Å². The van der Waals surface area contributed by atoms with Gasteiger partial charge in [0.1, 0.15) is 63.2 Å². The first kappa shape index (κ1) is 69.8. The van der Waals surface area contributed by atoms with E-state index in [9.17, 15) is 56.2 Å². The molecule has 0 aliphatic heterocycles. The van der Waals surface area contributed by atoms with Crippen molar-refractivity contribution in [1.82, 2.24) is 0 Å². The molecular formula is C86H84O11. The van der Waals surface area contributed by atoms with Crippen LogP contribution in [0.3, 0.4) is 0 Å². The van der Waals surface area contributed by atoms with E-state index in [1.54, 1.807) is 121 Å². The molecule has 97 heavy (non-hydrogen) atoms. The summed E-state index contributed by atoms with van der Waals surface area (Å²) in [5.41, 5.74) is 22.3. The van der Waals surface area contributed by atoms with E-state index >= 15 is 0 Å². The van der Waals surface area contributed by atoms with Gasteiger partial charge in [-0.25, -0.2) is 0 Å². The number of aromatic hydroxyl groups is 11. The number of phenols is 11. The van der Waals surface area contributed by atoms with Crippen LogP contribution in [0.5, 0.6) is 63.2 Å². The first-order chi connectivity index (χ1) is 46.3. The second kappa shape index (κ2) is 30.7. The Labute approximate surface area is 568 Å². The molecule has 0 atom stereocenters. The van der Waals surface area contributed by atoms with Gasteiger partial charge in [-0.1, -0.05) is 121 Å². The molecule has 11 nitrogen and oxygen atoms in total. The smallest absolute Gasteiger partial charge is 0.121 e. The molecule has 0 saturated heterocycles. The van der Waals surface area contributed by atoms with Crippen molar-refractivity contribution < 1.29 is 56.2 Å². The van der Waals surface area contributed by atoms with E-state index in [0.717, 1.165) is 117 Å². The Balaban J connectivity index is 0.000000152. The summed E-state index contributed by atoms with van der Waals surface area (Å²) in [4.78, 5) is 0. The lowest BCUT2D eigenvalue weighted by Crippen LogP contribution is -2.08. The molecule has 0 fully saturated rings. The zero-order valence-corrected chi connectivity index (χ0v) is 56.2. The van der Waals surface area contributed by atoms with Gasteiger partial charge < -0.3 is 56.2 Å². The number of benzene rings is 12. The molecular weight excluding hydrogens is 1210 g/mol. The fourth-order valence-corrected chi connectivity index (χ4v) is 13.2. The van der Waals surface area contributed by atoms with Crippen LogP contribution >= 0.6 is 0 Å². The minimum absolute atomic E-state index is 0.0493. The molecule has 0 aliphatic carbocycles. The maximum Gasteiger partial charge on any atom is 0.121 e. The lowest BCUT2D eigenvalue weighted by Gasteiger charge is -2.24. The van der Waals surface area contributed by atoms with E-state index in [0.29, 0.717) is 5.75 Å². The van der Waals surface area contributed by atoms with Gasteiger partial charge in [0.25, 0.3) is 0 Å². The van der Waals surface area contributed by atoms with E-state index in [1.807, 2.05) is 172 Å². The van der Waals surface area contributed by atoms with Crippen molar-refractivity contribution in [3.8, 4) is 63.2 Å². The highest BCUT2D eigenvalue weighted by Gasteiger charge is 2.27. The molecule has 494 valence electrons. The predicted octanol–water partition coefficient (Wildman–Crippen LogP) is 19.3. The van der Waals surface area contributed by atoms with Gasteiger partial charge in [-0.05, 0) is 301 Å². The summed E-state index contributed by atoms with van der Waals surface area (Å²) in [6.07, 6.45) is 0. The summed E-state index contributed by atoms with van der Waals surface area (Å²) < 4.78 is 0. The molecule has 0 aliphatic rings. The standard InChI is InChI=1S/C23H24O3.2C21H20O3.C21H20O2/c1-13-11-18(24)5-7-20(13)22(21-8-6-19(25)12-14(21)2)17-9-15(3)23(26)16(4)10-17;1-13-11-17(23)7-9-19(13)21(15-3-5-16(22)6-4-15)20-10-8-18(24)12-14(20)2;1-13-11-15(22)7-9-17(13)21(19-5-3-4-6-20(19)24)18-10-8-16(23)12-14(18)2;1-14-12-17(22)8-10-19(14)21(16-6-4-3-5-7-16)20-11-9-18(23)13-15(20)2/h5-12,22,24-26H,1-4H3;2*3-12,21-24H,1-2H3;3-13,21-23H,1-2H3. The molecule has 12 aromatic rings. The molecule has 11 heteroatoms. The van der Waals surface area contributed by atoms with Crippen molar-refractivity contribution in [2.24, 2.45) is 0 Å². The van der Waals surface area contributed by atoms with E-state index in [1.165, 1.54) is 5.56 Å². The van der Waals surface area contributed by atoms with Gasteiger partial charge in [0.15, 0.2) is 0 Å². The lowest BCUT2D eigenvalue weighted by molar-refractivity contribution is 0.466. The SMILES string of the molecule is Cc1cc(O)ccc1C(c1cc(C)c(O)c(C)c1)c1ccc(O)cc1C.Cc1cc(O)ccc1C(c1ccc(O)cc1)c1ccc(O)cc1C.Cc1cc(O)ccc1C(c1ccc(O)cc1C)c1ccccc1O.Cc1cc(O)ccc1C(c1ccccc1)c1ccc(O)cc1C. The Morgan fingerprint density at radius 1 is 0.175 bits per heavy atom. The van der Waals surface area contributed by atoms with Crippen LogP contribution in [0.15, 0.2) is 237 Å². The van der Waals surface area contributed by atoms with Gasteiger partial charge in [-0.3, -0.25) is 0 Å². The molecule has 0 heterocycles. The van der Waals surface area contributed by atoms with Crippen LogP contribution < -0.4 is 0 Å². The molecule has 0 spiro atoms. The van der Waals surface area contributed by atoms with Crippen LogP contribution in [0.1, 0.15) is 146 Å². The van der Waals surface area contributed by atoms with Crippen molar-refractivity contribution in [1.29, 1.82) is 0 Å². The average Bonchev–Trinajstić information content (AvgIpc) is 0.803. The molecule has 0 amide bonds. The van der Waals surface area contributed by atoms with Crippen LogP contribution in [0.25, 0.3) is 0 Å². The minimum atomic E-state index is -0.188. The first-order valence-electron chi connectivity index (χ1n) is 32.0. The number of rotatable bonds is 12. The topological polar surface area (TPSA) is 223 Å². The van der Waals surface area contributed by atoms with Crippen molar-refractivity contribution in [3.05, 3.63) is 359 Å². The van der Waals surface area contributed by atoms with E-state index in [2.05, 4.69) is 12.1 Å². The summed E-state index contributed by atoms with van der Waals surface area (Å²) >= 11 is 0. The number of para-hydroxylation sites is 1. The fraction of sp³-hybridized carbons (Fsp3) is 0.163. The van der Waals surface area contributed by atoms with Gasteiger partial charge in [0.05, 0.1) is 0 Å². The zero-order valence-electron chi connectivity index (χ0n) is 56.2. The number of phenolic OH excluding ortho intramolecular Hbond substituents is 11. The molecule has 0 unspecified atom stereocenters. The normalized spacial score (nSPS) is 11.0. The summed E-state index contributed by atoms with van der Waals surface area (Å²) in [6, 6.07) is 71.8. The third-order valence-electron chi connectivity index (χ3n) is 18.0. The highest BCUT2D eigenvalue weighted by Crippen LogP contribution is 2.44. The van der Waals surface area contributed by atoms with Crippen molar-refractivity contribution in [2.45, 2.75) is 92.9 Å². The molecule has 0 radical (unpaired) electrons. The van der Waals surface area contributed by atoms with Crippen molar-refractivity contribution >= 4 is 0 Å². The molecule has 0 bridgehead atoms. The summed E-state index contributed by atoms with van der Waals surface area (Å²) in [6.45, 7) is 19.6. The van der Waals surface area contributed by atoms with E-state index in [-0.39, 0.29) is 81.2 Å². The number of hydrogen-bond acceptors (Lipinski definition) is 11. The maximum atomic E-state index is 10.4. The summed E-state index contributed by atoms with van der Waals surface area (Å²) in [7, 11) is 0. The molecule has 0 saturated carbocycles. The molecule has 12 aromatic carbocycles. The third kappa shape index (κ3) is 16.7. The second-order valence-electron chi connectivity index (χ2n) is 25.1. The largest absolute Gasteiger partial charge is 0.508 e. The molecule has 11 N–H and O–H groups in total. The van der Waals surface area contributed by atoms with Crippen LogP contribution in [-0.4, -0.2) is 56.2 Å². The Hall–Kier alpha value is -11.6. The number of hydrogen-bond donors (Lipinski definition) is 11. The van der Waals surface area contributed by atoms with E-state index < -0.39 is 0 Å². The average molecular weight is 1290 g/mol. The Morgan fingerprint density at radius 2 is 0.402 bits per heavy atom. The zero-order chi connectivity index (χ0) is 69.9. The Kier molecular flexibility index (Phi) is 22.1. The predicted molar refractivity (Wildman–Crippen MR) is 387 cm³/mol. The number of aryl methyl sites for hydroxylation is 10. The molecule has 12 rings (SSSR count). The fourth-order valence-electron chi connectivity index (χ4n) is 13.2. The quantitative estimate of drug-likeness (QED) is 0.0517. The first-order valence-corrected chi connectivity index (χ1v) is 32.0. The van der Waals surface area contributed by atoms with Crippen LogP contribution in [-0.2, 0) is 0 Å². The maximum absolute atomic E-state index is 10.4. The van der Waals surface area contributed by atoms with E-state index in [4.69, 9.17) is 0 Å². The van der Waals surface area contributed by atoms with Gasteiger partial charge in [0.2, 0.25) is 0 Å². The van der Waals surface area contributed by atoms with Crippen LogP contribution in [0.4, 0.5) is 0 Å².